The average Bonchev–Trinajstić information content (AvgIpc) is 1.68. The van der Waals surface area contributed by atoms with Gasteiger partial charge in [0.15, 0.2) is 0 Å². The first-order chi connectivity index (χ1) is 3.12. The standard InChI is InChI=1S/C2H9N4O/c1-5-6(2,3)7-4/h1,3-4H2,2H3/q+1. The Morgan fingerprint density at radius 1 is 1.86 bits per heavy atom. The Morgan fingerprint density at radius 2 is 2.29 bits per heavy atom. The van der Waals surface area contributed by atoms with Crippen molar-refractivity contribution in [3.8, 4) is 0 Å². The van der Waals surface area contributed by atoms with E-state index in [2.05, 4.69) is 22.7 Å². The maximum Gasteiger partial charge on any atom is 0.148 e. The van der Waals surface area contributed by atoms with Gasteiger partial charge in [0, 0.05) is 4.86 Å². The molecule has 1 unspecified atom stereocenters. The first kappa shape index (κ1) is 6.51. The number of nitrogens with two attached hydrogens (primary N) is 2. The maximum atomic E-state index is 5.08. The molecule has 42 valence electrons. The van der Waals surface area contributed by atoms with Crippen LogP contribution < -0.4 is 11.7 Å². The molecule has 0 saturated heterocycles. The van der Waals surface area contributed by atoms with Crippen molar-refractivity contribution in [1.82, 2.24) is 0 Å². The minimum atomic E-state index is -0.569. The zero-order valence-corrected chi connectivity index (χ0v) is 4.16. The molecule has 7 heavy (non-hydrogen) atoms. The Hall–Kier alpha value is -0.490. The first-order valence-corrected chi connectivity index (χ1v) is 1.64. The van der Waals surface area contributed by atoms with Gasteiger partial charge in [-0.15, -0.1) is 5.84 Å². The van der Waals surface area contributed by atoms with Crippen LogP contribution in [-0.2, 0) is 4.94 Å². The number of hydrogen-bond acceptors (Lipinski definition) is 4. The van der Waals surface area contributed by atoms with E-state index in [1.807, 2.05) is 0 Å². The van der Waals surface area contributed by atoms with E-state index in [0.29, 0.717) is 0 Å². The summed E-state index contributed by atoms with van der Waals surface area (Å²) in [6.45, 7) is 3.10. The van der Waals surface area contributed by atoms with Gasteiger partial charge in [-0.25, -0.2) is 0 Å². The maximum absolute atomic E-state index is 5.08. The van der Waals surface area contributed by atoms with E-state index in [1.165, 1.54) is 7.05 Å². The minimum absolute atomic E-state index is 0.569. The average molecular weight is 105 g/mol. The fourth-order valence-corrected chi connectivity index (χ4v) is 0.0333. The second kappa shape index (κ2) is 1.99. The highest BCUT2D eigenvalue weighted by molar-refractivity contribution is 5.21. The predicted octanol–water partition coefficient (Wildman–Crippen LogP) is -1.27. The summed E-state index contributed by atoms with van der Waals surface area (Å²) in [6.07, 6.45) is 0. The molecule has 5 heteroatoms. The number of hydrogen-bond donors (Lipinski definition) is 2. The van der Waals surface area contributed by atoms with Gasteiger partial charge in [0.05, 0.1) is 6.72 Å². The lowest BCUT2D eigenvalue weighted by atomic mass is 11.4. The van der Waals surface area contributed by atoms with Crippen LogP contribution in [0.3, 0.4) is 0 Å². The van der Waals surface area contributed by atoms with Crippen LogP contribution in [0.15, 0.2) is 5.10 Å². The molecule has 0 fully saturated rings. The quantitative estimate of drug-likeness (QED) is 0.199. The predicted molar refractivity (Wildman–Crippen MR) is 25.2 cm³/mol. The Bertz CT molecular complexity index is 70.1. The zero-order chi connectivity index (χ0) is 5.91. The highest BCUT2D eigenvalue weighted by Crippen LogP contribution is 1.84. The first-order valence-electron chi connectivity index (χ1n) is 1.64. The molecule has 0 aromatic heterocycles. The van der Waals surface area contributed by atoms with Crippen LogP contribution in [0.2, 0.25) is 0 Å². The molecule has 0 heterocycles. The van der Waals surface area contributed by atoms with Crippen LogP contribution in [0.25, 0.3) is 0 Å². The van der Waals surface area contributed by atoms with E-state index in [-0.39, 0.29) is 0 Å². The Morgan fingerprint density at radius 3 is 2.29 bits per heavy atom. The third-order valence-electron chi connectivity index (χ3n) is 0.494. The van der Waals surface area contributed by atoms with E-state index in [4.69, 9.17) is 5.84 Å². The van der Waals surface area contributed by atoms with Crippen LogP contribution in [0.1, 0.15) is 0 Å². The van der Waals surface area contributed by atoms with Crippen molar-refractivity contribution < 1.29 is 9.80 Å². The Kier molecular flexibility index (Phi) is 1.85. The van der Waals surface area contributed by atoms with Crippen LogP contribution >= 0.6 is 0 Å². The van der Waals surface area contributed by atoms with Crippen molar-refractivity contribution >= 4 is 6.72 Å². The van der Waals surface area contributed by atoms with Gasteiger partial charge >= 0.3 is 0 Å². The fourth-order valence-electron chi connectivity index (χ4n) is 0.0333. The second-order valence-electron chi connectivity index (χ2n) is 1.19. The molecular weight excluding hydrogens is 96.0 g/mol. The van der Waals surface area contributed by atoms with E-state index in [0.717, 1.165) is 0 Å². The van der Waals surface area contributed by atoms with Crippen molar-refractivity contribution in [3.63, 3.8) is 0 Å². The molecule has 4 N–H and O–H groups in total. The van der Waals surface area contributed by atoms with Crippen molar-refractivity contribution in [3.05, 3.63) is 0 Å². The van der Waals surface area contributed by atoms with Crippen molar-refractivity contribution in [2.45, 2.75) is 0 Å². The van der Waals surface area contributed by atoms with E-state index < -0.39 is 4.86 Å². The Balaban J connectivity index is 3.58. The van der Waals surface area contributed by atoms with Crippen LogP contribution in [0.4, 0.5) is 0 Å². The monoisotopic (exact) mass is 105 g/mol. The van der Waals surface area contributed by atoms with Crippen LogP contribution in [-0.4, -0.2) is 18.6 Å². The molecule has 1 atom stereocenters. The lowest BCUT2D eigenvalue weighted by molar-refractivity contribution is -1.11. The summed E-state index contributed by atoms with van der Waals surface area (Å²) >= 11 is 0. The third-order valence-corrected chi connectivity index (χ3v) is 0.494. The van der Waals surface area contributed by atoms with Gasteiger partial charge in [-0.2, -0.15) is 5.90 Å². The van der Waals surface area contributed by atoms with Gasteiger partial charge in [-0.05, 0) is 5.10 Å². The third kappa shape index (κ3) is 2.24. The van der Waals surface area contributed by atoms with Gasteiger partial charge in [-0.3, -0.25) is 0 Å². The normalized spacial score (nSPS) is 18.1. The SMILES string of the molecule is C=N[N+](C)(N)ON. The fraction of sp³-hybridized carbons (Fsp3) is 0.500. The Labute approximate surface area is 41.6 Å². The van der Waals surface area contributed by atoms with E-state index in [9.17, 15) is 0 Å². The van der Waals surface area contributed by atoms with Crippen molar-refractivity contribution in [1.29, 1.82) is 0 Å². The van der Waals surface area contributed by atoms with E-state index in [1.54, 1.807) is 0 Å². The number of quaternary nitrogens is 1. The van der Waals surface area contributed by atoms with Gasteiger partial charge in [0.1, 0.15) is 7.05 Å². The molecule has 0 aromatic rings. The summed E-state index contributed by atoms with van der Waals surface area (Å²) < 4.78 is 0. The minimum Gasteiger partial charge on any atom is -0.156 e. The number of rotatable bonds is 2. The molecule has 0 aliphatic carbocycles. The molecule has 0 saturated carbocycles. The smallest absolute Gasteiger partial charge is 0.148 e. The summed E-state index contributed by atoms with van der Waals surface area (Å²) in [5.74, 6) is 9.71. The van der Waals surface area contributed by atoms with Gasteiger partial charge < -0.3 is 0 Å². The molecule has 0 spiro atoms. The molecule has 5 nitrogen and oxygen atoms in total. The van der Waals surface area contributed by atoms with Gasteiger partial charge in [-0.1, -0.05) is 4.94 Å². The van der Waals surface area contributed by atoms with E-state index >= 15 is 0 Å². The molecule has 0 bridgehead atoms. The lowest BCUT2D eigenvalue weighted by Gasteiger charge is -2.11. The molecule has 0 amide bonds. The zero-order valence-electron chi connectivity index (χ0n) is 4.16. The summed E-state index contributed by atoms with van der Waals surface area (Å²) in [5, 5.41) is 3.26. The molecule has 0 aliphatic rings. The molecule has 0 aromatic carbocycles. The topological polar surface area (TPSA) is 73.6 Å². The summed E-state index contributed by atoms with van der Waals surface area (Å²) in [4.78, 5) is 3.50. The second-order valence-corrected chi connectivity index (χ2v) is 1.19. The van der Waals surface area contributed by atoms with Crippen molar-refractivity contribution in [2.24, 2.45) is 16.8 Å². The molecule has 0 radical (unpaired) electrons. The number of hydroxylamine groups is 1. The lowest BCUT2D eigenvalue weighted by Crippen LogP contribution is -2.47. The number of nitrogens with zero attached hydrogens (tertiary/aromatic N) is 2. The molecule has 0 aliphatic heterocycles. The molecule has 0 rings (SSSR count). The highest BCUT2D eigenvalue weighted by Gasteiger charge is 2.10. The summed E-state index contributed by atoms with van der Waals surface area (Å²) in [6, 6.07) is 0. The largest absolute Gasteiger partial charge is 0.156 e. The highest BCUT2D eigenvalue weighted by atomic mass is 16.9. The van der Waals surface area contributed by atoms with Crippen LogP contribution in [0.5, 0.6) is 0 Å². The summed E-state index contributed by atoms with van der Waals surface area (Å²) in [7, 11) is 1.44. The van der Waals surface area contributed by atoms with Gasteiger partial charge in [0.25, 0.3) is 0 Å². The van der Waals surface area contributed by atoms with Gasteiger partial charge in [0.2, 0.25) is 0 Å². The summed E-state index contributed by atoms with van der Waals surface area (Å²) in [5.41, 5.74) is 0. The van der Waals surface area contributed by atoms with Crippen LogP contribution in [0, 0.1) is 0 Å². The van der Waals surface area contributed by atoms with Crippen molar-refractivity contribution in [2.75, 3.05) is 7.05 Å². The molecular formula is C2H9N4O+.